The van der Waals surface area contributed by atoms with Crippen LogP contribution in [0.3, 0.4) is 0 Å². The van der Waals surface area contributed by atoms with E-state index < -0.39 is 5.63 Å². The summed E-state index contributed by atoms with van der Waals surface area (Å²) in [5.74, 6) is 1.10. The molecule has 0 fully saturated rings. The van der Waals surface area contributed by atoms with Crippen LogP contribution in [0.25, 0.3) is 28.2 Å². The summed E-state index contributed by atoms with van der Waals surface area (Å²) in [7, 11) is 4.57. The molecule has 166 valence electrons. The number of ketones is 1. The van der Waals surface area contributed by atoms with Crippen LogP contribution in [0.1, 0.15) is 15.9 Å². The van der Waals surface area contributed by atoms with Crippen LogP contribution in [0, 0.1) is 0 Å². The minimum absolute atomic E-state index is 0.182. The van der Waals surface area contributed by atoms with Gasteiger partial charge in [-0.2, -0.15) is 0 Å². The molecule has 0 atom stereocenters. The lowest BCUT2D eigenvalue weighted by Crippen LogP contribution is -2.05. The lowest BCUT2D eigenvalue weighted by Gasteiger charge is -2.11. The molecule has 0 bridgehead atoms. The Labute approximate surface area is 190 Å². The number of ether oxygens (including phenoxy) is 3. The van der Waals surface area contributed by atoms with Gasteiger partial charge in [-0.05, 0) is 47.0 Å². The third kappa shape index (κ3) is 4.36. The second-order valence-electron chi connectivity index (χ2n) is 7.18. The monoisotopic (exact) mass is 442 g/mol. The van der Waals surface area contributed by atoms with Gasteiger partial charge in [0.25, 0.3) is 0 Å². The topological polar surface area (TPSA) is 75.0 Å². The molecule has 33 heavy (non-hydrogen) atoms. The number of carbonyl (C=O) groups is 1. The van der Waals surface area contributed by atoms with Crippen molar-refractivity contribution in [2.75, 3.05) is 21.3 Å². The highest BCUT2D eigenvalue weighted by molar-refractivity contribution is 6.16. The predicted octanol–water partition coefficient (Wildman–Crippen LogP) is 5.38. The molecule has 0 aliphatic heterocycles. The fourth-order valence-electron chi connectivity index (χ4n) is 3.68. The zero-order valence-electron chi connectivity index (χ0n) is 18.5. The van der Waals surface area contributed by atoms with Gasteiger partial charge >= 0.3 is 5.63 Å². The molecule has 6 heteroatoms. The van der Waals surface area contributed by atoms with Crippen LogP contribution in [0.5, 0.6) is 17.2 Å². The highest BCUT2D eigenvalue weighted by atomic mass is 16.5. The fraction of sp³-hybridized carbons (Fsp3) is 0.111. The predicted molar refractivity (Wildman–Crippen MR) is 127 cm³/mol. The molecule has 1 aromatic heterocycles. The minimum atomic E-state index is -0.549. The van der Waals surface area contributed by atoms with Gasteiger partial charge in [-0.15, -0.1) is 0 Å². The van der Waals surface area contributed by atoms with Crippen molar-refractivity contribution in [3.05, 3.63) is 94.4 Å². The zero-order valence-corrected chi connectivity index (χ0v) is 18.5. The maximum absolute atomic E-state index is 13.3. The number of hydrogen-bond acceptors (Lipinski definition) is 6. The number of benzene rings is 3. The number of allylic oxidation sites excluding steroid dienone is 1. The van der Waals surface area contributed by atoms with Gasteiger partial charge in [0.15, 0.2) is 22.9 Å². The van der Waals surface area contributed by atoms with Gasteiger partial charge in [0, 0.05) is 11.5 Å². The molecule has 4 aromatic rings. The van der Waals surface area contributed by atoms with Crippen LogP contribution in [0.2, 0.25) is 0 Å². The van der Waals surface area contributed by atoms with E-state index in [1.54, 1.807) is 50.6 Å². The smallest absolute Gasteiger partial charge is 0.336 e. The molecule has 0 aliphatic rings. The van der Waals surface area contributed by atoms with Crippen LogP contribution in [-0.4, -0.2) is 27.1 Å². The Kier molecular flexibility index (Phi) is 6.26. The quantitative estimate of drug-likeness (QED) is 0.217. The SMILES string of the molecule is COc1ccc(/C=C/C(=O)c2c(OC)ccc3c(-c4ccccc4)cc(=O)oc23)cc1OC. The lowest BCUT2D eigenvalue weighted by atomic mass is 9.98. The first kappa shape index (κ1) is 21.9. The van der Waals surface area contributed by atoms with Crippen LogP contribution in [-0.2, 0) is 0 Å². The van der Waals surface area contributed by atoms with E-state index in [9.17, 15) is 9.59 Å². The Morgan fingerprint density at radius 3 is 2.21 bits per heavy atom. The van der Waals surface area contributed by atoms with E-state index >= 15 is 0 Å². The third-order valence-corrected chi connectivity index (χ3v) is 5.26. The first-order chi connectivity index (χ1) is 16.0. The minimum Gasteiger partial charge on any atom is -0.496 e. The van der Waals surface area contributed by atoms with Crippen molar-refractivity contribution in [3.8, 4) is 28.4 Å². The summed E-state index contributed by atoms with van der Waals surface area (Å²) < 4.78 is 21.5. The summed E-state index contributed by atoms with van der Waals surface area (Å²) in [6.45, 7) is 0. The number of hydrogen-bond donors (Lipinski definition) is 0. The van der Waals surface area contributed by atoms with E-state index in [1.165, 1.54) is 19.3 Å². The summed E-state index contributed by atoms with van der Waals surface area (Å²) in [5.41, 5.74) is 2.09. The normalized spacial score (nSPS) is 11.0. The largest absolute Gasteiger partial charge is 0.496 e. The molecule has 0 unspecified atom stereocenters. The van der Waals surface area contributed by atoms with Gasteiger partial charge in [0.1, 0.15) is 11.3 Å². The van der Waals surface area contributed by atoms with E-state index in [-0.39, 0.29) is 16.9 Å². The maximum atomic E-state index is 13.3. The second kappa shape index (κ2) is 9.44. The third-order valence-electron chi connectivity index (χ3n) is 5.26. The summed E-state index contributed by atoms with van der Waals surface area (Å²) in [6.07, 6.45) is 3.06. The van der Waals surface area contributed by atoms with E-state index in [4.69, 9.17) is 18.6 Å². The standard InChI is InChI=1S/C27H22O6/c1-30-22-13-10-17(15-24(22)32-3)9-12-21(28)26-23(31-2)14-11-19-20(16-25(29)33-27(19)26)18-7-5-4-6-8-18/h4-16H,1-3H3/b12-9+. The number of rotatable bonds is 7. The van der Waals surface area contributed by atoms with Gasteiger partial charge in [-0.3, -0.25) is 4.79 Å². The molecule has 6 nitrogen and oxygen atoms in total. The van der Waals surface area contributed by atoms with Crippen molar-refractivity contribution in [2.24, 2.45) is 0 Å². The van der Waals surface area contributed by atoms with Crippen molar-refractivity contribution < 1.29 is 23.4 Å². The van der Waals surface area contributed by atoms with Crippen molar-refractivity contribution in [1.29, 1.82) is 0 Å². The van der Waals surface area contributed by atoms with E-state index in [2.05, 4.69) is 0 Å². The van der Waals surface area contributed by atoms with E-state index in [0.29, 0.717) is 28.2 Å². The average molecular weight is 442 g/mol. The molecule has 3 aromatic carbocycles. The molecule has 0 spiro atoms. The number of carbonyl (C=O) groups excluding carboxylic acids is 1. The molecule has 0 N–H and O–H groups in total. The Balaban J connectivity index is 1.83. The first-order valence-electron chi connectivity index (χ1n) is 10.2. The molecule has 0 saturated carbocycles. The molecule has 1 heterocycles. The lowest BCUT2D eigenvalue weighted by molar-refractivity contribution is 0.104. The first-order valence-corrected chi connectivity index (χ1v) is 10.2. The maximum Gasteiger partial charge on any atom is 0.336 e. The highest BCUT2D eigenvalue weighted by Crippen LogP contribution is 2.34. The Morgan fingerprint density at radius 1 is 0.818 bits per heavy atom. The van der Waals surface area contributed by atoms with Gasteiger partial charge in [-0.25, -0.2) is 4.79 Å². The summed E-state index contributed by atoms with van der Waals surface area (Å²) in [4.78, 5) is 25.7. The fourth-order valence-corrected chi connectivity index (χ4v) is 3.68. The average Bonchev–Trinajstić information content (AvgIpc) is 2.86. The molecular formula is C27H22O6. The molecule has 0 saturated heterocycles. The van der Waals surface area contributed by atoms with Crippen molar-refractivity contribution in [1.82, 2.24) is 0 Å². The molecule has 0 radical (unpaired) electrons. The molecule has 0 amide bonds. The summed E-state index contributed by atoms with van der Waals surface area (Å²) in [6, 6.07) is 19.7. The van der Waals surface area contributed by atoms with Gasteiger partial charge in [0.2, 0.25) is 0 Å². The van der Waals surface area contributed by atoms with Gasteiger partial charge in [-0.1, -0.05) is 42.5 Å². The van der Waals surface area contributed by atoms with Crippen LogP contribution >= 0.6 is 0 Å². The van der Waals surface area contributed by atoms with Crippen LogP contribution < -0.4 is 19.8 Å². The highest BCUT2D eigenvalue weighted by Gasteiger charge is 2.20. The van der Waals surface area contributed by atoms with E-state index in [1.807, 2.05) is 30.3 Å². The van der Waals surface area contributed by atoms with E-state index in [0.717, 1.165) is 11.1 Å². The second-order valence-corrected chi connectivity index (χ2v) is 7.18. The van der Waals surface area contributed by atoms with Crippen molar-refractivity contribution in [2.45, 2.75) is 0 Å². The molecule has 0 aliphatic carbocycles. The number of methoxy groups -OCH3 is 3. The zero-order chi connectivity index (χ0) is 23.4. The van der Waals surface area contributed by atoms with Crippen molar-refractivity contribution in [3.63, 3.8) is 0 Å². The Morgan fingerprint density at radius 2 is 1.52 bits per heavy atom. The van der Waals surface area contributed by atoms with Crippen molar-refractivity contribution >= 4 is 22.8 Å². The van der Waals surface area contributed by atoms with Gasteiger partial charge < -0.3 is 18.6 Å². The Bertz CT molecular complexity index is 1400. The van der Waals surface area contributed by atoms with Crippen LogP contribution in [0.15, 0.2) is 82.0 Å². The summed E-state index contributed by atoms with van der Waals surface area (Å²) in [5, 5.41) is 0.643. The molecular weight excluding hydrogens is 420 g/mol. The van der Waals surface area contributed by atoms with Crippen LogP contribution in [0.4, 0.5) is 0 Å². The Hall–Kier alpha value is -4.32. The van der Waals surface area contributed by atoms with Gasteiger partial charge in [0.05, 0.1) is 21.3 Å². The summed E-state index contributed by atoms with van der Waals surface area (Å²) >= 11 is 0. The number of fused-ring (bicyclic) bond motifs is 1. The molecule has 4 rings (SSSR count).